The van der Waals surface area contributed by atoms with Gasteiger partial charge >= 0.3 is 17.9 Å². The lowest BCUT2D eigenvalue weighted by atomic mass is 10.0. The number of carbonyl (C=O) groups is 8. The lowest BCUT2D eigenvalue weighted by Gasteiger charge is -2.29. The van der Waals surface area contributed by atoms with Crippen LogP contribution in [0.5, 0.6) is 0 Å². The first-order valence-electron chi connectivity index (χ1n) is 17.7. The van der Waals surface area contributed by atoms with Crippen molar-refractivity contribution in [1.29, 1.82) is 0 Å². The van der Waals surface area contributed by atoms with E-state index in [0.717, 1.165) is 6.42 Å². The Balaban J connectivity index is 1.78. The van der Waals surface area contributed by atoms with Crippen LogP contribution in [0.2, 0.25) is 0 Å². The van der Waals surface area contributed by atoms with Gasteiger partial charge in [0, 0.05) is 25.9 Å². The predicted molar refractivity (Wildman–Crippen MR) is 190 cm³/mol. The summed E-state index contributed by atoms with van der Waals surface area (Å²) in [4.78, 5) is 108. The quantitative estimate of drug-likeness (QED) is 0.0349. The van der Waals surface area contributed by atoms with Crippen molar-refractivity contribution in [3.63, 3.8) is 0 Å². The molecule has 20 nitrogen and oxygen atoms in total. The molecule has 6 atom stereocenters. The van der Waals surface area contributed by atoms with E-state index in [0.29, 0.717) is 31.5 Å². The molecular formula is C34H49N9O11. The van der Waals surface area contributed by atoms with Crippen LogP contribution in [0.1, 0.15) is 63.4 Å². The van der Waals surface area contributed by atoms with Gasteiger partial charge in [0.05, 0.1) is 12.5 Å². The van der Waals surface area contributed by atoms with Crippen LogP contribution >= 0.6 is 0 Å². The molecule has 20 heteroatoms. The fraction of sp³-hybridized carbons (Fsp3) is 0.559. The maximum absolute atomic E-state index is 13.6. The van der Waals surface area contributed by atoms with Gasteiger partial charge < -0.3 is 58.3 Å². The Hall–Kier alpha value is -5.79. The highest BCUT2D eigenvalue weighted by Gasteiger charge is 2.40. The second-order valence-electron chi connectivity index (χ2n) is 13.1. The predicted octanol–water partition coefficient (Wildman–Crippen LogP) is -2.61. The van der Waals surface area contributed by atoms with E-state index >= 15 is 0 Å². The summed E-state index contributed by atoms with van der Waals surface area (Å²) in [6, 6.07) is 0.846. The van der Waals surface area contributed by atoms with Gasteiger partial charge in [-0.3, -0.25) is 38.6 Å². The normalized spacial score (nSPS) is 18.6. The zero-order chi connectivity index (χ0) is 39.8. The van der Waals surface area contributed by atoms with E-state index in [1.54, 1.807) is 30.3 Å². The summed E-state index contributed by atoms with van der Waals surface area (Å²) in [6.45, 7) is 0.979. The van der Waals surface area contributed by atoms with Crippen LogP contribution < -0.4 is 38.1 Å². The Kier molecular flexibility index (Phi) is 16.6. The molecule has 5 amide bonds. The number of guanidine groups is 1. The number of carboxylic acids is 3. The van der Waals surface area contributed by atoms with Crippen LogP contribution in [0.4, 0.5) is 0 Å². The maximum Gasteiger partial charge on any atom is 0.326 e. The summed E-state index contributed by atoms with van der Waals surface area (Å²) in [5.41, 5.74) is 11.4. The highest BCUT2D eigenvalue weighted by atomic mass is 16.4. The highest BCUT2D eigenvalue weighted by molar-refractivity contribution is 5.97. The first-order valence-corrected chi connectivity index (χ1v) is 17.7. The molecule has 3 rings (SSSR count). The lowest BCUT2D eigenvalue weighted by molar-refractivity contribution is -0.143. The zero-order valence-corrected chi connectivity index (χ0v) is 29.7. The molecule has 0 saturated carbocycles. The average Bonchev–Trinajstić information content (AvgIpc) is 3.84. The molecule has 2 heterocycles. The molecule has 0 aliphatic carbocycles. The van der Waals surface area contributed by atoms with E-state index in [4.69, 9.17) is 11.5 Å². The first kappa shape index (κ1) is 42.6. The van der Waals surface area contributed by atoms with Gasteiger partial charge in [-0.15, -0.1) is 0 Å². The molecule has 2 saturated heterocycles. The van der Waals surface area contributed by atoms with E-state index in [9.17, 15) is 53.7 Å². The number of amides is 5. The number of hydrogen-bond donors (Lipinski definition) is 10. The molecular weight excluding hydrogens is 710 g/mol. The number of hydrogen-bond acceptors (Lipinski definition) is 10. The van der Waals surface area contributed by atoms with Crippen molar-refractivity contribution in [1.82, 2.24) is 31.5 Å². The molecule has 0 aromatic heterocycles. The summed E-state index contributed by atoms with van der Waals surface area (Å²) >= 11 is 0. The number of nitrogens with zero attached hydrogens (tertiary/aromatic N) is 2. The summed E-state index contributed by atoms with van der Waals surface area (Å²) in [6.07, 6.45) is 0.0348. The van der Waals surface area contributed by atoms with Crippen molar-refractivity contribution in [3.05, 3.63) is 35.9 Å². The number of likely N-dealkylation sites (tertiary alicyclic amines) is 1. The minimum absolute atomic E-state index is 0.0330. The second-order valence-corrected chi connectivity index (χ2v) is 13.1. The van der Waals surface area contributed by atoms with Crippen molar-refractivity contribution in [2.45, 2.75) is 100 Å². The molecule has 12 N–H and O–H groups in total. The monoisotopic (exact) mass is 759 g/mol. The van der Waals surface area contributed by atoms with Crippen LogP contribution in [0, 0.1) is 0 Å². The number of aliphatic carboxylic acids is 3. The summed E-state index contributed by atoms with van der Waals surface area (Å²) in [5, 5.41) is 41.4. The van der Waals surface area contributed by atoms with Crippen LogP contribution in [-0.2, 0) is 44.8 Å². The van der Waals surface area contributed by atoms with Crippen LogP contribution in [0.25, 0.3) is 0 Å². The number of rotatable bonds is 21. The van der Waals surface area contributed by atoms with Gasteiger partial charge in [-0.1, -0.05) is 30.3 Å². The third-order valence-corrected chi connectivity index (χ3v) is 8.96. The Labute approximate surface area is 310 Å². The summed E-state index contributed by atoms with van der Waals surface area (Å²) < 4.78 is 0. The number of carboxylic acid groups (broad SMARTS) is 3. The number of benzene rings is 1. The molecule has 2 aliphatic heterocycles. The molecule has 296 valence electrons. The molecule has 1 aromatic carbocycles. The second kappa shape index (κ2) is 21.0. The molecule has 0 radical (unpaired) electrons. The Morgan fingerprint density at radius 3 is 2.00 bits per heavy atom. The molecule has 0 unspecified atom stereocenters. The lowest BCUT2D eigenvalue weighted by Crippen LogP contribution is -2.59. The van der Waals surface area contributed by atoms with Gasteiger partial charge in [0.15, 0.2) is 5.96 Å². The SMILES string of the molecule is NC(N)=NCCC[C@H](NC(=O)[C@H](CCC(=O)O)NC(=O)[C@H](CC(=O)O)NC(=O)[C@@H]1CCCN1C(=O)[C@@H]1CCCN1)C(=O)N[C@@H](Cc1ccccc1)C(=O)O. The van der Waals surface area contributed by atoms with Crippen molar-refractivity contribution in [2.75, 3.05) is 19.6 Å². The Bertz CT molecular complexity index is 1550. The van der Waals surface area contributed by atoms with Crippen LogP contribution in [-0.4, -0.2) is 130 Å². The Morgan fingerprint density at radius 1 is 0.796 bits per heavy atom. The van der Waals surface area contributed by atoms with E-state index in [1.807, 2.05) is 0 Å². The van der Waals surface area contributed by atoms with E-state index in [1.165, 1.54) is 4.90 Å². The molecule has 2 fully saturated rings. The average molecular weight is 760 g/mol. The Morgan fingerprint density at radius 2 is 1.43 bits per heavy atom. The molecule has 1 aromatic rings. The van der Waals surface area contributed by atoms with Gasteiger partial charge in [0.1, 0.15) is 30.2 Å². The molecule has 54 heavy (non-hydrogen) atoms. The van der Waals surface area contributed by atoms with Gasteiger partial charge in [-0.05, 0) is 57.1 Å². The first-order chi connectivity index (χ1) is 25.7. The third kappa shape index (κ3) is 13.6. The third-order valence-electron chi connectivity index (χ3n) is 8.96. The van der Waals surface area contributed by atoms with Crippen molar-refractivity contribution in [3.8, 4) is 0 Å². The fourth-order valence-corrected chi connectivity index (χ4v) is 6.23. The standard InChI is InChI=1S/C34H49N9O11/c35-34(36)38-15-4-9-20(28(48)42-24(33(53)54)17-19-7-2-1-3-8-19)39-29(49)21(12-13-26(44)45)40-30(50)23(18-27(46)47)41-31(51)25-11-6-16-43(25)32(52)22-10-5-14-37-22/h1-3,7-8,20-25,37H,4-6,9-18H2,(H,39,49)(H,40,50)(H,41,51)(H,42,48)(H,44,45)(H,46,47)(H,53,54)(H4,35,36,38)/t20-,21-,22-,23-,24-,25-/m0/s1. The van der Waals surface area contributed by atoms with Crippen LogP contribution in [0.3, 0.4) is 0 Å². The fourth-order valence-electron chi connectivity index (χ4n) is 6.23. The van der Waals surface area contributed by atoms with E-state index in [-0.39, 0.29) is 44.1 Å². The number of nitrogens with one attached hydrogen (secondary N) is 5. The van der Waals surface area contributed by atoms with Crippen molar-refractivity contribution >= 4 is 53.4 Å². The minimum atomic E-state index is -1.73. The van der Waals surface area contributed by atoms with Gasteiger partial charge in [0.25, 0.3) is 0 Å². The summed E-state index contributed by atoms with van der Waals surface area (Å²) in [5.74, 6) is -8.52. The van der Waals surface area contributed by atoms with Crippen molar-refractivity contribution in [2.24, 2.45) is 16.5 Å². The largest absolute Gasteiger partial charge is 0.481 e. The maximum atomic E-state index is 13.6. The van der Waals surface area contributed by atoms with E-state index in [2.05, 4.69) is 31.6 Å². The number of carbonyl (C=O) groups excluding carboxylic acids is 5. The molecule has 0 bridgehead atoms. The van der Waals surface area contributed by atoms with Gasteiger partial charge in [0.2, 0.25) is 29.5 Å². The topological polar surface area (TPSA) is 325 Å². The van der Waals surface area contributed by atoms with Gasteiger partial charge in [-0.25, -0.2) is 4.79 Å². The smallest absolute Gasteiger partial charge is 0.326 e. The highest BCUT2D eigenvalue weighted by Crippen LogP contribution is 2.21. The molecule has 0 spiro atoms. The zero-order valence-electron chi connectivity index (χ0n) is 29.7. The number of aliphatic imine (C=N–C) groups is 1. The van der Waals surface area contributed by atoms with Crippen LogP contribution in [0.15, 0.2) is 35.3 Å². The minimum Gasteiger partial charge on any atom is -0.481 e. The summed E-state index contributed by atoms with van der Waals surface area (Å²) in [7, 11) is 0. The van der Waals surface area contributed by atoms with Gasteiger partial charge in [-0.2, -0.15) is 0 Å². The van der Waals surface area contributed by atoms with E-state index < -0.39 is 97.1 Å². The van der Waals surface area contributed by atoms with Crippen molar-refractivity contribution < 1.29 is 53.7 Å². The molecule has 2 aliphatic rings. The number of nitrogens with two attached hydrogens (primary N) is 2.